The molecule has 2 aromatic rings. The molecule has 3 rings (SSSR count). The standard InChI is InChI=1S/C18H22N4O2/c1-5-22-15-14(16(21-22)18(2,3)4)20-13(10-19-17(15)24)11-6-8-12(23)9-7-11/h6-9,23H,5,10H2,1-4H3,(H,19,24). The predicted molar refractivity (Wildman–Crippen MR) is 93.2 cm³/mol. The molecule has 6 heteroatoms. The summed E-state index contributed by atoms with van der Waals surface area (Å²) in [6.45, 7) is 9.10. The molecule has 1 amide bonds. The van der Waals surface area contributed by atoms with Crippen molar-refractivity contribution in [3.8, 4) is 5.75 Å². The number of phenolic OH excluding ortho intramolecular Hbond substituents is 1. The fraction of sp³-hybridized carbons (Fsp3) is 0.389. The van der Waals surface area contributed by atoms with Crippen molar-refractivity contribution in [1.82, 2.24) is 15.1 Å². The van der Waals surface area contributed by atoms with Crippen molar-refractivity contribution in [3.05, 3.63) is 41.2 Å². The third kappa shape index (κ3) is 2.79. The lowest BCUT2D eigenvalue weighted by atomic mass is 9.91. The number of aliphatic imine (C=N–C) groups is 1. The number of hydrogen-bond donors (Lipinski definition) is 2. The summed E-state index contributed by atoms with van der Waals surface area (Å²) in [6.07, 6.45) is 0. The van der Waals surface area contributed by atoms with Crippen molar-refractivity contribution < 1.29 is 9.90 Å². The minimum atomic E-state index is -0.224. The number of hydrogen-bond acceptors (Lipinski definition) is 4. The number of nitrogens with one attached hydrogen (secondary N) is 1. The number of carbonyl (C=O) groups excluding carboxylic acids is 1. The molecule has 1 aliphatic rings. The van der Waals surface area contributed by atoms with Crippen molar-refractivity contribution in [1.29, 1.82) is 0 Å². The third-order valence-electron chi connectivity index (χ3n) is 4.02. The Hall–Kier alpha value is -2.63. The molecule has 0 atom stereocenters. The number of nitrogens with zero attached hydrogens (tertiary/aromatic N) is 3. The number of aromatic nitrogens is 2. The zero-order valence-corrected chi connectivity index (χ0v) is 14.4. The van der Waals surface area contributed by atoms with Crippen LogP contribution in [0.1, 0.15) is 49.4 Å². The van der Waals surface area contributed by atoms with Crippen LogP contribution in [-0.4, -0.2) is 33.1 Å². The van der Waals surface area contributed by atoms with Crippen LogP contribution in [0.15, 0.2) is 29.3 Å². The van der Waals surface area contributed by atoms with E-state index in [0.717, 1.165) is 17.0 Å². The summed E-state index contributed by atoms with van der Waals surface area (Å²) >= 11 is 0. The molecule has 0 aliphatic carbocycles. The van der Waals surface area contributed by atoms with E-state index in [1.807, 2.05) is 6.92 Å². The van der Waals surface area contributed by atoms with Gasteiger partial charge in [-0.05, 0) is 36.8 Å². The zero-order valence-electron chi connectivity index (χ0n) is 14.4. The number of fused-ring (bicyclic) bond motifs is 1. The number of phenols is 1. The molecule has 1 aromatic heterocycles. The van der Waals surface area contributed by atoms with Crippen molar-refractivity contribution in [3.63, 3.8) is 0 Å². The molecule has 2 N–H and O–H groups in total. The molecule has 126 valence electrons. The molecule has 0 unspecified atom stereocenters. The molecule has 2 heterocycles. The lowest BCUT2D eigenvalue weighted by Crippen LogP contribution is -2.29. The van der Waals surface area contributed by atoms with Gasteiger partial charge in [-0.15, -0.1) is 0 Å². The van der Waals surface area contributed by atoms with E-state index < -0.39 is 0 Å². The predicted octanol–water partition coefficient (Wildman–Crippen LogP) is 2.77. The van der Waals surface area contributed by atoms with Crippen LogP contribution in [0, 0.1) is 0 Å². The molecular formula is C18H22N4O2. The van der Waals surface area contributed by atoms with Gasteiger partial charge in [-0.1, -0.05) is 20.8 Å². The molecule has 1 aliphatic heterocycles. The molecule has 0 spiro atoms. The van der Waals surface area contributed by atoms with Gasteiger partial charge in [0, 0.05) is 12.0 Å². The molecule has 1 aromatic carbocycles. The van der Waals surface area contributed by atoms with Gasteiger partial charge in [0.1, 0.15) is 11.4 Å². The van der Waals surface area contributed by atoms with E-state index in [4.69, 9.17) is 4.99 Å². The summed E-state index contributed by atoms with van der Waals surface area (Å²) in [4.78, 5) is 17.4. The summed E-state index contributed by atoms with van der Waals surface area (Å²) in [5.74, 6) is 0.0410. The van der Waals surface area contributed by atoms with E-state index >= 15 is 0 Å². The number of aromatic hydroxyl groups is 1. The second-order valence-electron chi connectivity index (χ2n) is 6.90. The molecule has 0 bridgehead atoms. The van der Waals surface area contributed by atoms with Gasteiger partial charge in [0.2, 0.25) is 0 Å². The summed E-state index contributed by atoms with van der Waals surface area (Å²) in [5, 5.41) is 17.0. The van der Waals surface area contributed by atoms with E-state index in [1.165, 1.54) is 0 Å². The highest BCUT2D eigenvalue weighted by Gasteiger charge is 2.31. The van der Waals surface area contributed by atoms with Gasteiger partial charge >= 0.3 is 0 Å². The van der Waals surface area contributed by atoms with Crippen LogP contribution in [-0.2, 0) is 12.0 Å². The Morgan fingerprint density at radius 2 is 1.92 bits per heavy atom. The van der Waals surface area contributed by atoms with Crippen molar-refractivity contribution in [2.24, 2.45) is 4.99 Å². The highest BCUT2D eigenvalue weighted by atomic mass is 16.3. The smallest absolute Gasteiger partial charge is 0.272 e. The molecule has 6 nitrogen and oxygen atoms in total. The SMILES string of the molecule is CCn1nc(C(C)(C)C)c2c1C(=O)NCC(c1ccc(O)cc1)=N2. The Balaban J connectivity index is 2.21. The fourth-order valence-electron chi connectivity index (χ4n) is 2.76. The normalized spacial score (nSPS) is 14.7. The lowest BCUT2D eigenvalue weighted by Gasteiger charge is -2.16. The van der Waals surface area contributed by atoms with Crippen LogP contribution in [0.5, 0.6) is 5.75 Å². The average Bonchev–Trinajstić information content (AvgIpc) is 2.82. The second kappa shape index (κ2) is 5.78. The van der Waals surface area contributed by atoms with Crippen LogP contribution in [0.4, 0.5) is 5.69 Å². The Morgan fingerprint density at radius 1 is 1.25 bits per heavy atom. The number of aryl methyl sites for hydroxylation is 1. The largest absolute Gasteiger partial charge is 0.508 e. The lowest BCUT2D eigenvalue weighted by molar-refractivity contribution is 0.0950. The summed E-state index contributed by atoms with van der Waals surface area (Å²) < 4.78 is 1.72. The van der Waals surface area contributed by atoms with Gasteiger partial charge in [0.05, 0.1) is 18.0 Å². The van der Waals surface area contributed by atoms with Gasteiger partial charge < -0.3 is 10.4 Å². The first-order valence-corrected chi connectivity index (χ1v) is 8.07. The van der Waals surface area contributed by atoms with Crippen molar-refractivity contribution >= 4 is 17.3 Å². The first kappa shape index (κ1) is 16.2. The van der Waals surface area contributed by atoms with E-state index in [9.17, 15) is 9.90 Å². The number of benzene rings is 1. The minimum Gasteiger partial charge on any atom is -0.508 e. The van der Waals surface area contributed by atoms with E-state index in [-0.39, 0.29) is 17.1 Å². The summed E-state index contributed by atoms with van der Waals surface area (Å²) in [6, 6.07) is 6.83. The molecule has 0 radical (unpaired) electrons. The second-order valence-corrected chi connectivity index (χ2v) is 6.90. The van der Waals surface area contributed by atoms with Crippen LogP contribution in [0.2, 0.25) is 0 Å². The Labute approximate surface area is 141 Å². The molecule has 0 fully saturated rings. The molecule has 0 saturated heterocycles. The van der Waals surface area contributed by atoms with E-state index in [2.05, 4.69) is 31.2 Å². The summed E-state index contributed by atoms with van der Waals surface area (Å²) in [7, 11) is 0. The van der Waals surface area contributed by atoms with E-state index in [0.29, 0.717) is 24.5 Å². The maximum atomic E-state index is 12.6. The molecular weight excluding hydrogens is 304 g/mol. The van der Waals surface area contributed by atoms with Crippen LogP contribution in [0.3, 0.4) is 0 Å². The highest BCUT2D eigenvalue weighted by molar-refractivity contribution is 6.10. The Bertz CT molecular complexity index is 811. The quantitative estimate of drug-likeness (QED) is 0.890. The van der Waals surface area contributed by atoms with Crippen molar-refractivity contribution in [2.75, 3.05) is 6.54 Å². The Kier molecular flexibility index (Phi) is 3.91. The fourth-order valence-corrected chi connectivity index (χ4v) is 2.76. The number of amides is 1. The number of carbonyl (C=O) groups is 1. The van der Waals surface area contributed by atoms with Gasteiger partial charge in [-0.3, -0.25) is 9.48 Å². The first-order valence-electron chi connectivity index (χ1n) is 8.07. The van der Waals surface area contributed by atoms with Crippen LogP contribution < -0.4 is 5.32 Å². The van der Waals surface area contributed by atoms with Gasteiger partial charge in [0.15, 0.2) is 5.69 Å². The molecule has 24 heavy (non-hydrogen) atoms. The maximum absolute atomic E-state index is 12.6. The van der Waals surface area contributed by atoms with E-state index in [1.54, 1.807) is 28.9 Å². The topological polar surface area (TPSA) is 79.5 Å². The van der Waals surface area contributed by atoms with Crippen LogP contribution >= 0.6 is 0 Å². The zero-order chi connectivity index (χ0) is 17.5. The van der Waals surface area contributed by atoms with Crippen LogP contribution in [0.25, 0.3) is 0 Å². The summed E-state index contributed by atoms with van der Waals surface area (Å²) in [5.41, 5.74) is 3.36. The number of rotatable bonds is 2. The third-order valence-corrected chi connectivity index (χ3v) is 4.02. The van der Waals surface area contributed by atoms with Gasteiger partial charge in [-0.25, -0.2) is 4.99 Å². The van der Waals surface area contributed by atoms with Gasteiger partial charge in [-0.2, -0.15) is 5.10 Å². The molecule has 0 saturated carbocycles. The highest BCUT2D eigenvalue weighted by Crippen LogP contribution is 2.35. The first-order chi connectivity index (χ1) is 11.3. The Morgan fingerprint density at radius 3 is 2.50 bits per heavy atom. The average molecular weight is 326 g/mol. The van der Waals surface area contributed by atoms with Gasteiger partial charge in [0.25, 0.3) is 5.91 Å². The monoisotopic (exact) mass is 326 g/mol. The maximum Gasteiger partial charge on any atom is 0.272 e. The van der Waals surface area contributed by atoms with Crippen molar-refractivity contribution in [2.45, 2.75) is 39.7 Å². The minimum absolute atomic E-state index is 0.160.